The topological polar surface area (TPSA) is 61.4 Å². The fourth-order valence-electron chi connectivity index (χ4n) is 1.94. The van der Waals surface area contributed by atoms with Crippen LogP contribution in [0, 0.1) is 5.82 Å². The highest BCUT2D eigenvalue weighted by molar-refractivity contribution is 5.94. The predicted molar refractivity (Wildman–Crippen MR) is 79.8 cm³/mol. The average molecular weight is 288 g/mol. The van der Waals surface area contributed by atoms with Crippen LogP contribution in [0.15, 0.2) is 42.5 Å². The van der Waals surface area contributed by atoms with Gasteiger partial charge in [0.25, 0.3) is 5.91 Å². The molecule has 2 rings (SSSR count). The zero-order chi connectivity index (χ0) is 15.2. The van der Waals surface area contributed by atoms with Gasteiger partial charge in [0.15, 0.2) is 0 Å². The molecule has 0 aliphatic heterocycles. The molecule has 0 unspecified atom stereocenters. The van der Waals surface area contributed by atoms with Gasteiger partial charge in [0.05, 0.1) is 0 Å². The van der Waals surface area contributed by atoms with E-state index in [4.69, 9.17) is 0 Å². The predicted octanol–water partition coefficient (Wildman–Crippen LogP) is 2.89. The van der Waals surface area contributed by atoms with Crippen LogP contribution in [-0.4, -0.2) is 17.6 Å². The van der Waals surface area contributed by atoms with Crippen LogP contribution in [0.1, 0.15) is 22.8 Å². The number of phenolic OH excluding ortho intramolecular Hbond substituents is 1. The Bertz CT molecular complexity index is 606. The fraction of sp³-hybridized carbons (Fsp3) is 0.188. The number of halogens is 1. The maximum atomic E-state index is 13.1. The Morgan fingerprint density at radius 3 is 2.52 bits per heavy atom. The Kier molecular flexibility index (Phi) is 4.77. The first-order chi connectivity index (χ1) is 10.1. The lowest BCUT2D eigenvalue weighted by Crippen LogP contribution is -2.22. The van der Waals surface area contributed by atoms with Gasteiger partial charge in [-0.2, -0.15) is 0 Å². The summed E-state index contributed by atoms with van der Waals surface area (Å²) in [6.07, 6.45) is 0. The third kappa shape index (κ3) is 4.21. The number of aromatic hydroxyl groups is 1. The van der Waals surface area contributed by atoms with Crippen molar-refractivity contribution in [1.82, 2.24) is 5.32 Å². The maximum Gasteiger partial charge on any atom is 0.251 e. The summed E-state index contributed by atoms with van der Waals surface area (Å²) in [7, 11) is 0. The molecular formula is C16H17FN2O2. The number of rotatable bonds is 5. The lowest BCUT2D eigenvalue weighted by Gasteiger charge is -2.08. The third-order valence-electron chi connectivity index (χ3n) is 2.92. The van der Waals surface area contributed by atoms with Crippen LogP contribution in [0.4, 0.5) is 10.1 Å². The van der Waals surface area contributed by atoms with E-state index >= 15 is 0 Å². The van der Waals surface area contributed by atoms with Crippen molar-refractivity contribution in [2.75, 3.05) is 11.9 Å². The molecule has 0 aromatic heterocycles. The molecule has 1 amide bonds. The van der Waals surface area contributed by atoms with Gasteiger partial charge in [0.1, 0.15) is 11.6 Å². The number of amides is 1. The van der Waals surface area contributed by atoms with Crippen LogP contribution in [0.5, 0.6) is 5.75 Å². The lowest BCUT2D eigenvalue weighted by atomic mass is 10.1. The summed E-state index contributed by atoms with van der Waals surface area (Å²) in [6, 6.07) is 10.9. The Morgan fingerprint density at radius 1 is 1.19 bits per heavy atom. The van der Waals surface area contributed by atoms with E-state index in [2.05, 4.69) is 10.6 Å². The van der Waals surface area contributed by atoms with Gasteiger partial charge in [-0.3, -0.25) is 4.79 Å². The first-order valence-corrected chi connectivity index (χ1v) is 6.69. The minimum atomic E-state index is -0.474. The second kappa shape index (κ2) is 6.74. The second-order valence-electron chi connectivity index (χ2n) is 4.61. The van der Waals surface area contributed by atoms with Gasteiger partial charge in [0, 0.05) is 30.4 Å². The van der Waals surface area contributed by atoms with Crippen molar-refractivity contribution in [1.29, 1.82) is 0 Å². The largest absolute Gasteiger partial charge is 0.508 e. The first-order valence-electron chi connectivity index (χ1n) is 6.69. The lowest BCUT2D eigenvalue weighted by molar-refractivity contribution is 0.0956. The summed E-state index contributed by atoms with van der Waals surface area (Å²) >= 11 is 0. The molecule has 5 heteroatoms. The normalized spacial score (nSPS) is 10.2. The highest BCUT2D eigenvalue weighted by atomic mass is 19.1. The Hall–Kier alpha value is -2.56. The van der Waals surface area contributed by atoms with E-state index in [9.17, 15) is 14.3 Å². The van der Waals surface area contributed by atoms with E-state index in [-0.39, 0.29) is 11.7 Å². The van der Waals surface area contributed by atoms with E-state index < -0.39 is 5.82 Å². The summed E-state index contributed by atoms with van der Waals surface area (Å²) in [5.41, 5.74) is 2.04. The zero-order valence-electron chi connectivity index (χ0n) is 11.7. The molecule has 110 valence electrons. The van der Waals surface area contributed by atoms with Crippen molar-refractivity contribution in [2.45, 2.75) is 13.5 Å². The Labute approximate surface area is 122 Å². The van der Waals surface area contributed by atoms with Crippen molar-refractivity contribution in [2.24, 2.45) is 0 Å². The van der Waals surface area contributed by atoms with Crippen molar-refractivity contribution in [3.8, 4) is 5.75 Å². The van der Waals surface area contributed by atoms with E-state index in [1.165, 1.54) is 12.1 Å². The molecule has 3 N–H and O–H groups in total. The molecule has 0 heterocycles. The number of hydrogen-bond donors (Lipinski definition) is 3. The molecule has 0 atom stereocenters. The number of hydrogen-bond acceptors (Lipinski definition) is 3. The Balaban J connectivity index is 1.99. The third-order valence-corrected chi connectivity index (χ3v) is 2.92. The molecule has 0 aliphatic carbocycles. The number of benzene rings is 2. The van der Waals surface area contributed by atoms with Crippen molar-refractivity contribution < 1.29 is 14.3 Å². The van der Waals surface area contributed by atoms with Crippen LogP contribution in [0.25, 0.3) is 0 Å². The van der Waals surface area contributed by atoms with Crippen molar-refractivity contribution in [3.05, 3.63) is 59.4 Å². The molecule has 2 aromatic rings. The van der Waals surface area contributed by atoms with Gasteiger partial charge < -0.3 is 15.7 Å². The number of phenols is 1. The fourth-order valence-corrected chi connectivity index (χ4v) is 1.94. The summed E-state index contributed by atoms with van der Waals surface area (Å²) < 4.78 is 13.1. The van der Waals surface area contributed by atoms with Gasteiger partial charge in [-0.25, -0.2) is 4.39 Å². The monoisotopic (exact) mass is 288 g/mol. The maximum absolute atomic E-state index is 13.1. The van der Waals surface area contributed by atoms with E-state index in [0.29, 0.717) is 24.2 Å². The van der Waals surface area contributed by atoms with Gasteiger partial charge in [-0.1, -0.05) is 0 Å². The number of nitrogens with one attached hydrogen (secondary N) is 2. The van der Waals surface area contributed by atoms with Crippen molar-refractivity contribution in [3.63, 3.8) is 0 Å². The van der Waals surface area contributed by atoms with Crippen LogP contribution >= 0.6 is 0 Å². The molecule has 0 fully saturated rings. The number of carbonyl (C=O) groups is 1. The van der Waals surface area contributed by atoms with Crippen LogP contribution in [-0.2, 0) is 6.54 Å². The highest BCUT2D eigenvalue weighted by Gasteiger charge is 2.04. The molecule has 0 radical (unpaired) electrons. The summed E-state index contributed by atoms with van der Waals surface area (Å²) in [4.78, 5) is 11.6. The highest BCUT2D eigenvalue weighted by Crippen LogP contribution is 2.16. The second-order valence-corrected chi connectivity index (χ2v) is 4.61. The molecule has 4 nitrogen and oxygen atoms in total. The van der Waals surface area contributed by atoms with E-state index in [1.54, 1.807) is 24.3 Å². The smallest absolute Gasteiger partial charge is 0.251 e. The van der Waals surface area contributed by atoms with E-state index in [0.717, 1.165) is 11.8 Å². The number of anilines is 1. The molecule has 0 spiro atoms. The van der Waals surface area contributed by atoms with E-state index in [1.807, 2.05) is 6.92 Å². The molecule has 2 aromatic carbocycles. The molecule has 0 aliphatic rings. The first kappa shape index (κ1) is 14.8. The minimum Gasteiger partial charge on any atom is -0.508 e. The van der Waals surface area contributed by atoms with Gasteiger partial charge in [-0.15, -0.1) is 0 Å². The molecule has 0 saturated heterocycles. The summed E-state index contributed by atoms with van der Waals surface area (Å²) in [5, 5.41) is 15.2. The van der Waals surface area contributed by atoms with Gasteiger partial charge >= 0.3 is 0 Å². The van der Waals surface area contributed by atoms with Crippen LogP contribution < -0.4 is 10.6 Å². The molecule has 21 heavy (non-hydrogen) atoms. The molecular weight excluding hydrogens is 271 g/mol. The standard InChI is InChI=1S/C16H17FN2O2/c1-2-18-16(21)12-3-5-14(6-4-12)19-10-11-7-13(17)9-15(20)8-11/h3-9,19-20H,2,10H2,1H3,(H,18,21). The summed E-state index contributed by atoms with van der Waals surface area (Å²) in [6.45, 7) is 2.83. The minimum absolute atomic E-state index is 0.0987. The Morgan fingerprint density at radius 2 is 1.90 bits per heavy atom. The molecule has 0 bridgehead atoms. The SMILES string of the molecule is CCNC(=O)c1ccc(NCc2cc(O)cc(F)c2)cc1. The zero-order valence-corrected chi connectivity index (χ0v) is 11.7. The van der Waals surface area contributed by atoms with Crippen LogP contribution in [0.3, 0.4) is 0 Å². The van der Waals surface area contributed by atoms with Gasteiger partial charge in [-0.05, 0) is 48.9 Å². The molecule has 0 saturated carbocycles. The summed E-state index contributed by atoms with van der Waals surface area (Å²) in [5.74, 6) is -0.684. The van der Waals surface area contributed by atoms with Crippen LogP contribution in [0.2, 0.25) is 0 Å². The average Bonchev–Trinajstić information content (AvgIpc) is 2.45. The van der Waals surface area contributed by atoms with Crippen molar-refractivity contribution >= 4 is 11.6 Å². The quantitative estimate of drug-likeness (QED) is 0.793. The number of carbonyl (C=O) groups excluding carboxylic acids is 1. The van der Waals surface area contributed by atoms with Gasteiger partial charge in [0.2, 0.25) is 0 Å².